The van der Waals surface area contributed by atoms with Gasteiger partial charge in [-0.15, -0.1) is 0 Å². The monoisotopic (exact) mass is 253 g/mol. The van der Waals surface area contributed by atoms with Crippen LogP contribution in [0.5, 0.6) is 0 Å². The number of hydrogen-bond acceptors (Lipinski definition) is 3. The molecule has 0 saturated carbocycles. The van der Waals surface area contributed by atoms with Crippen LogP contribution < -0.4 is 5.32 Å². The molecule has 1 aromatic carbocycles. The zero-order valence-electron chi connectivity index (χ0n) is 7.67. The Kier molecular flexibility index (Phi) is 4.60. The van der Waals surface area contributed by atoms with E-state index in [1.807, 2.05) is 0 Å². The Morgan fingerprint density at radius 3 is 2.67 bits per heavy atom. The molecule has 0 saturated heterocycles. The van der Waals surface area contributed by atoms with Crippen LogP contribution in [0.3, 0.4) is 0 Å². The molecule has 84 valence electrons. The van der Waals surface area contributed by atoms with Crippen molar-refractivity contribution in [2.45, 2.75) is 6.10 Å². The molecule has 0 aliphatic heterocycles. The van der Waals surface area contributed by atoms with Crippen molar-refractivity contribution in [3.05, 3.63) is 28.0 Å². The molecule has 0 aliphatic rings. The molecule has 0 heterocycles. The second-order valence-electron chi connectivity index (χ2n) is 2.94. The minimum atomic E-state index is -0.946. The second kappa shape index (κ2) is 5.51. The van der Waals surface area contributed by atoms with Crippen molar-refractivity contribution in [3.8, 4) is 0 Å². The standard InChI is InChI=1S/C9H10Cl2FNO2/c10-6-1-2-7(9(12)8(6)11)13-3-5(15)4-14/h1-2,5,13-15H,3-4H2. The van der Waals surface area contributed by atoms with E-state index in [1.54, 1.807) is 0 Å². The third kappa shape index (κ3) is 3.21. The lowest BCUT2D eigenvalue weighted by molar-refractivity contribution is 0.105. The van der Waals surface area contributed by atoms with E-state index >= 15 is 0 Å². The van der Waals surface area contributed by atoms with Gasteiger partial charge in [-0.25, -0.2) is 4.39 Å². The predicted molar refractivity (Wildman–Crippen MR) is 58.0 cm³/mol. The third-order valence-electron chi connectivity index (χ3n) is 1.77. The highest BCUT2D eigenvalue weighted by Gasteiger charge is 2.11. The summed E-state index contributed by atoms with van der Waals surface area (Å²) in [5.74, 6) is -0.672. The lowest BCUT2D eigenvalue weighted by Gasteiger charge is -2.11. The van der Waals surface area contributed by atoms with Gasteiger partial charge in [0.15, 0.2) is 5.82 Å². The highest BCUT2D eigenvalue weighted by atomic mass is 35.5. The van der Waals surface area contributed by atoms with Crippen molar-refractivity contribution in [1.82, 2.24) is 0 Å². The summed E-state index contributed by atoms with van der Waals surface area (Å²) in [7, 11) is 0. The topological polar surface area (TPSA) is 52.5 Å². The molecule has 15 heavy (non-hydrogen) atoms. The number of benzene rings is 1. The summed E-state index contributed by atoms with van der Waals surface area (Å²) in [5.41, 5.74) is 0.136. The molecule has 0 amide bonds. The zero-order valence-corrected chi connectivity index (χ0v) is 9.19. The molecule has 0 aromatic heterocycles. The second-order valence-corrected chi connectivity index (χ2v) is 3.73. The van der Waals surface area contributed by atoms with Crippen molar-refractivity contribution < 1.29 is 14.6 Å². The molecular formula is C9H10Cl2FNO2. The molecular weight excluding hydrogens is 244 g/mol. The number of nitrogens with one attached hydrogen (secondary N) is 1. The predicted octanol–water partition coefficient (Wildman–Crippen LogP) is 1.90. The molecule has 0 aliphatic carbocycles. The van der Waals surface area contributed by atoms with Crippen molar-refractivity contribution >= 4 is 28.9 Å². The van der Waals surface area contributed by atoms with E-state index in [-0.39, 0.29) is 22.3 Å². The van der Waals surface area contributed by atoms with E-state index in [9.17, 15) is 4.39 Å². The van der Waals surface area contributed by atoms with Gasteiger partial charge in [0.2, 0.25) is 0 Å². The van der Waals surface area contributed by atoms with Gasteiger partial charge in [-0.2, -0.15) is 0 Å². The average molecular weight is 254 g/mol. The van der Waals surface area contributed by atoms with Gasteiger partial charge < -0.3 is 15.5 Å². The summed E-state index contributed by atoms with van der Waals surface area (Å²) >= 11 is 11.2. The van der Waals surface area contributed by atoms with Gasteiger partial charge in [-0.05, 0) is 12.1 Å². The maximum atomic E-state index is 13.4. The first-order valence-electron chi connectivity index (χ1n) is 4.22. The minimum Gasteiger partial charge on any atom is -0.394 e. The van der Waals surface area contributed by atoms with Crippen LogP contribution in [0, 0.1) is 5.82 Å². The molecule has 1 atom stereocenters. The third-order valence-corrected chi connectivity index (χ3v) is 2.56. The van der Waals surface area contributed by atoms with Gasteiger partial charge in [-0.3, -0.25) is 0 Å². The number of aliphatic hydroxyl groups excluding tert-OH is 2. The SMILES string of the molecule is OCC(O)CNc1ccc(Cl)c(Cl)c1F. The Labute approximate surface area is 96.4 Å². The smallest absolute Gasteiger partial charge is 0.166 e. The Balaban J connectivity index is 2.74. The van der Waals surface area contributed by atoms with Gasteiger partial charge in [0.1, 0.15) is 0 Å². The van der Waals surface area contributed by atoms with Crippen LogP contribution in [0.2, 0.25) is 10.0 Å². The number of rotatable bonds is 4. The number of aliphatic hydroxyl groups is 2. The summed E-state index contributed by atoms with van der Waals surface area (Å²) in [4.78, 5) is 0. The van der Waals surface area contributed by atoms with E-state index in [1.165, 1.54) is 12.1 Å². The van der Waals surface area contributed by atoms with Crippen molar-refractivity contribution in [3.63, 3.8) is 0 Å². The Morgan fingerprint density at radius 1 is 1.40 bits per heavy atom. The quantitative estimate of drug-likeness (QED) is 0.719. The molecule has 0 fully saturated rings. The average Bonchev–Trinajstić information content (AvgIpc) is 2.24. The highest BCUT2D eigenvalue weighted by molar-refractivity contribution is 6.42. The van der Waals surface area contributed by atoms with Crippen LogP contribution >= 0.6 is 23.2 Å². The molecule has 3 nitrogen and oxygen atoms in total. The van der Waals surface area contributed by atoms with Gasteiger partial charge in [-0.1, -0.05) is 23.2 Å². The summed E-state index contributed by atoms with van der Waals surface area (Å²) in [6, 6.07) is 2.86. The van der Waals surface area contributed by atoms with Crippen LogP contribution in [0.25, 0.3) is 0 Å². The first-order chi connectivity index (χ1) is 7.06. The van der Waals surface area contributed by atoms with Gasteiger partial charge in [0.25, 0.3) is 0 Å². The minimum absolute atomic E-state index is 0.0331. The van der Waals surface area contributed by atoms with E-state index in [0.29, 0.717) is 0 Å². The number of hydrogen-bond donors (Lipinski definition) is 3. The van der Waals surface area contributed by atoms with Crippen LogP contribution in [-0.4, -0.2) is 29.5 Å². The maximum absolute atomic E-state index is 13.4. The normalized spacial score (nSPS) is 12.6. The Morgan fingerprint density at radius 2 is 2.07 bits per heavy atom. The van der Waals surface area contributed by atoms with E-state index in [2.05, 4.69) is 5.32 Å². The van der Waals surface area contributed by atoms with E-state index in [4.69, 9.17) is 33.4 Å². The van der Waals surface area contributed by atoms with E-state index < -0.39 is 18.5 Å². The highest BCUT2D eigenvalue weighted by Crippen LogP contribution is 2.29. The summed E-state index contributed by atoms with van der Waals surface area (Å²) < 4.78 is 13.4. The fourth-order valence-electron chi connectivity index (χ4n) is 0.955. The zero-order chi connectivity index (χ0) is 11.4. The molecule has 6 heteroatoms. The van der Waals surface area contributed by atoms with Crippen molar-refractivity contribution in [2.24, 2.45) is 0 Å². The van der Waals surface area contributed by atoms with Crippen LogP contribution in [0.4, 0.5) is 10.1 Å². The summed E-state index contributed by atoms with van der Waals surface area (Å²) in [6.07, 6.45) is -0.946. The first kappa shape index (κ1) is 12.5. The molecule has 3 N–H and O–H groups in total. The lowest BCUT2D eigenvalue weighted by atomic mass is 10.3. The number of anilines is 1. The van der Waals surface area contributed by atoms with Crippen molar-refractivity contribution in [2.75, 3.05) is 18.5 Å². The molecule has 0 radical (unpaired) electrons. The maximum Gasteiger partial charge on any atom is 0.166 e. The van der Waals surface area contributed by atoms with Gasteiger partial charge >= 0.3 is 0 Å². The van der Waals surface area contributed by atoms with E-state index in [0.717, 1.165) is 0 Å². The van der Waals surface area contributed by atoms with Gasteiger partial charge in [0.05, 0.1) is 28.4 Å². The molecule has 1 unspecified atom stereocenters. The number of halogens is 3. The molecule has 1 aromatic rings. The lowest BCUT2D eigenvalue weighted by Crippen LogP contribution is -2.23. The largest absolute Gasteiger partial charge is 0.394 e. The van der Waals surface area contributed by atoms with Crippen LogP contribution in [0.15, 0.2) is 12.1 Å². The Bertz CT molecular complexity index is 349. The molecule has 0 spiro atoms. The molecule has 0 bridgehead atoms. The summed E-state index contributed by atoms with van der Waals surface area (Å²) in [5, 5.41) is 20.2. The van der Waals surface area contributed by atoms with Crippen LogP contribution in [-0.2, 0) is 0 Å². The Hall–Kier alpha value is -0.550. The first-order valence-corrected chi connectivity index (χ1v) is 4.98. The van der Waals surface area contributed by atoms with Gasteiger partial charge in [0, 0.05) is 6.54 Å². The van der Waals surface area contributed by atoms with Crippen LogP contribution in [0.1, 0.15) is 0 Å². The molecule has 1 rings (SSSR count). The van der Waals surface area contributed by atoms with Crippen molar-refractivity contribution in [1.29, 1.82) is 0 Å². The fourth-order valence-corrected chi connectivity index (χ4v) is 1.27. The fraction of sp³-hybridized carbons (Fsp3) is 0.333. The summed E-state index contributed by atoms with van der Waals surface area (Å²) in [6.45, 7) is -0.360.